The number of para-hydroxylation sites is 1. The molecule has 3 N–H and O–H groups in total. The number of benzene rings is 2. The fourth-order valence-electron chi connectivity index (χ4n) is 3.01. The van der Waals surface area contributed by atoms with Crippen LogP contribution in [0, 0.1) is 5.82 Å². The Morgan fingerprint density at radius 1 is 1.13 bits per heavy atom. The molecule has 0 bridgehead atoms. The number of thiocarbonyl (C=S) groups is 1. The van der Waals surface area contributed by atoms with Gasteiger partial charge in [-0.1, -0.05) is 42.5 Å². The monoisotopic (exact) mass is 330 g/mol. The van der Waals surface area contributed by atoms with Crippen molar-refractivity contribution in [1.29, 1.82) is 0 Å². The normalized spacial score (nSPS) is 20.2. The predicted molar refractivity (Wildman–Crippen MR) is 95.0 cm³/mol. The SMILES string of the molecule is Fc1ccccc1NC(=S)N[C@@H]1CC[NH+](Cc2ccccc2)C1. The molecular formula is C18H21FN3S+. The molecule has 0 spiro atoms. The molecule has 5 heteroatoms. The predicted octanol–water partition coefficient (Wildman–Crippen LogP) is 1.97. The molecule has 120 valence electrons. The summed E-state index contributed by atoms with van der Waals surface area (Å²) in [4.78, 5) is 1.54. The van der Waals surface area contributed by atoms with Gasteiger partial charge >= 0.3 is 0 Å². The molecule has 23 heavy (non-hydrogen) atoms. The van der Waals surface area contributed by atoms with E-state index in [1.54, 1.807) is 23.1 Å². The van der Waals surface area contributed by atoms with Crippen molar-refractivity contribution in [3.63, 3.8) is 0 Å². The van der Waals surface area contributed by atoms with Gasteiger partial charge in [-0.05, 0) is 24.4 Å². The van der Waals surface area contributed by atoms with Crippen molar-refractivity contribution < 1.29 is 9.29 Å². The zero-order valence-corrected chi connectivity index (χ0v) is 13.7. The third-order valence-electron chi connectivity index (χ3n) is 4.14. The average Bonchev–Trinajstić information content (AvgIpc) is 2.97. The quantitative estimate of drug-likeness (QED) is 0.749. The van der Waals surface area contributed by atoms with E-state index in [1.807, 2.05) is 6.07 Å². The maximum absolute atomic E-state index is 13.6. The molecule has 1 fully saturated rings. The minimum Gasteiger partial charge on any atom is -0.354 e. The number of anilines is 1. The molecule has 0 amide bonds. The van der Waals surface area contributed by atoms with Crippen LogP contribution in [0.1, 0.15) is 12.0 Å². The number of halogens is 1. The van der Waals surface area contributed by atoms with Gasteiger partial charge in [-0.25, -0.2) is 4.39 Å². The molecule has 0 aliphatic carbocycles. The lowest BCUT2D eigenvalue weighted by Gasteiger charge is -2.16. The maximum Gasteiger partial charge on any atom is 0.171 e. The van der Waals surface area contributed by atoms with Gasteiger partial charge in [0.25, 0.3) is 0 Å². The summed E-state index contributed by atoms with van der Waals surface area (Å²) in [7, 11) is 0. The highest BCUT2D eigenvalue weighted by Gasteiger charge is 2.26. The molecule has 3 nitrogen and oxygen atoms in total. The van der Waals surface area contributed by atoms with Crippen LogP contribution in [-0.4, -0.2) is 24.2 Å². The smallest absolute Gasteiger partial charge is 0.171 e. The van der Waals surface area contributed by atoms with E-state index in [9.17, 15) is 4.39 Å². The van der Waals surface area contributed by atoms with Crippen LogP contribution in [0.5, 0.6) is 0 Å². The van der Waals surface area contributed by atoms with Crippen molar-refractivity contribution in [3.8, 4) is 0 Å². The molecule has 0 aromatic heterocycles. The van der Waals surface area contributed by atoms with Gasteiger partial charge in [0.05, 0.1) is 24.8 Å². The third kappa shape index (κ3) is 4.50. The molecule has 1 saturated heterocycles. The summed E-state index contributed by atoms with van der Waals surface area (Å²) in [5, 5.41) is 6.73. The van der Waals surface area contributed by atoms with Gasteiger partial charge in [0.2, 0.25) is 0 Å². The van der Waals surface area contributed by atoms with Crippen LogP contribution in [-0.2, 0) is 6.54 Å². The lowest BCUT2D eigenvalue weighted by atomic mass is 10.2. The van der Waals surface area contributed by atoms with Crippen molar-refractivity contribution >= 4 is 23.0 Å². The van der Waals surface area contributed by atoms with Gasteiger partial charge in [-0.3, -0.25) is 0 Å². The van der Waals surface area contributed by atoms with E-state index < -0.39 is 0 Å². The zero-order valence-electron chi connectivity index (χ0n) is 12.9. The van der Waals surface area contributed by atoms with Gasteiger partial charge in [0, 0.05) is 12.0 Å². The van der Waals surface area contributed by atoms with Crippen LogP contribution < -0.4 is 15.5 Å². The number of likely N-dealkylation sites (tertiary alicyclic amines) is 1. The van der Waals surface area contributed by atoms with Crippen LogP contribution in [0.4, 0.5) is 10.1 Å². The number of hydrogen-bond donors (Lipinski definition) is 3. The molecule has 0 radical (unpaired) electrons. The first-order chi connectivity index (χ1) is 11.2. The molecular weight excluding hydrogens is 309 g/mol. The molecule has 0 saturated carbocycles. The number of nitrogens with one attached hydrogen (secondary N) is 3. The van der Waals surface area contributed by atoms with Crippen molar-refractivity contribution in [3.05, 3.63) is 66.0 Å². The second kappa shape index (κ2) is 7.53. The Hall–Kier alpha value is -1.98. The number of rotatable bonds is 4. The van der Waals surface area contributed by atoms with Crippen LogP contribution in [0.3, 0.4) is 0 Å². The number of quaternary nitrogens is 1. The first kappa shape index (κ1) is 15.9. The minimum atomic E-state index is -0.292. The van der Waals surface area contributed by atoms with Gasteiger partial charge < -0.3 is 15.5 Å². The molecule has 1 heterocycles. The summed E-state index contributed by atoms with van der Waals surface area (Å²) >= 11 is 5.30. The Morgan fingerprint density at radius 3 is 2.65 bits per heavy atom. The van der Waals surface area contributed by atoms with Gasteiger partial charge in [-0.2, -0.15) is 0 Å². The largest absolute Gasteiger partial charge is 0.354 e. The van der Waals surface area contributed by atoms with Gasteiger partial charge in [-0.15, -0.1) is 0 Å². The Bertz CT molecular complexity index is 662. The van der Waals surface area contributed by atoms with E-state index >= 15 is 0 Å². The second-order valence-electron chi connectivity index (χ2n) is 5.93. The van der Waals surface area contributed by atoms with Crippen molar-refractivity contribution in [2.24, 2.45) is 0 Å². The minimum absolute atomic E-state index is 0.292. The summed E-state index contributed by atoms with van der Waals surface area (Å²) in [5.41, 5.74) is 1.77. The fraction of sp³-hybridized carbons (Fsp3) is 0.278. The first-order valence-corrected chi connectivity index (χ1v) is 8.31. The summed E-state index contributed by atoms with van der Waals surface area (Å²) in [6.45, 7) is 3.18. The Kier molecular flexibility index (Phi) is 5.20. The zero-order chi connectivity index (χ0) is 16.1. The second-order valence-corrected chi connectivity index (χ2v) is 6.34. The molecule has 2 aromatic rings. The first-order valence-electron chi connectivity index (χ1n) is 7.90. The lowest BCUT2D eigenvalue weighted by Crippen LogP contribution is -3.09. The lowest BCUT2D eigenvalue weighted by molar-refractivity contribution is -0.901. The molecule has 1 unspecified atom stereocenters. The van der Waals surface area contributed by atoms with E-state index in [0.717, 1.165) is 26.1 Å². The highest BCUT2D eigenvalue weighted by Crippen LogP contribution is 2.12. The topological polar surface area (TPSA) is 28.5 Å². The van der Waals surface area contributed by atoms with Gasteiger partial charge in [0.15, 0.2) is 5.11 Å². The Labute approximate surface area is 141 Å². The van der Waals surface area contributed by atoms with E-state index in [0.29, 0.717) is 16.8 Å². The van der Waals surface area contributed by atoms with E-state index in [2.05, 4.69) is 34.9 Å². The van der Waals surface area contributed by atoms with E-state index in [-0.39, 0.29) is 5.82 Å². The van der Waals surface area contributed by atoms with Crippen LogP contribution >= 0.6 is 12.2 Å². The van der Waals surface area contributed by atoms with E-state index in [4.69, 9.17) is 12.2 Å². The molecule has 2 atom stereocenters. The summed E-state index contributed by atoms with van der Waals surface area (Å²) in [6.07, 6.45) is 1.07. The van der Waals surface area contributed by atoms with Crippen LogP contribution in [0.25, 0.3) is 0 Å². The summed E-state index contributed by atoms with van der Waals surface area (Å²) in [6, 6.07) is 17.4. The van der Waals surface area contributed by atoms with Crippen LogP contribution in [0.15, 0.2) is 54.6 Å². The highest BCUT2D eigenvalue weighted by molar-refractivity contribution is 7.80. The third-order valence-corrected chi connectivity index (χ3v) is 4.36. The fourth-order valence-corrected chi connectivity index (χ4v) is 3.28. The van der Waals surface area contributed by atoms with Gasteiger partial charge in [0.1, 0.15) is 12.4 Å². The van der Waals surface area contributed by atoms with Crippen molar-refractivity contribution in [1.82, 2.24) is 5.32 Å². The summed E-state index contributed by atoms with van der Waals surface area (Å²) in [5.74, 6) is -0.292. The van der Waals surface area contributed by atoms with Crippen molar-refractivity contribution in [2.75, 3.05) is 18.4 Å². The average molecular weight is 330 g/mol. The number of hydrogen-bond acceptors (Lipinski definition) is 1. The summed E-state index contributed by atoms with van der Waals surface area (Å²) < 4.78 is 13.6. The highest BCUT2D eigenvalue weighted by atomic mass is 32.1. The maximum atomic E-state index is 13.6. The van der Waals surface area contributed by atoms with Crippen molar-refractivity contribution in [2.45, 2.75) is 19.0 Å². The Balaban J connectivity index is 1.48. The standard InChI is InChI=1S/C18H20FN3S/c19-16-8-4-5-9-17(16)21-18(23)20-15-10-11-22(13-15)12-14-6-2-1-3-7-14/h1-9,15H,10-13H2,(H2,20,21,23)/p+1/t15-/m1/s1. The van der Waals surface area contributed by atoms with Crippen LogP contribution in [0.2, 0.25) is 0 Å². The molecule has 3 rings (SSSR count). The van der Waals surface area contributed by atoms with E-state index in [1.165, 1.54) is 11.6 Å². The molecule has 2 aromatic carbocycles. The Morgan fingerprint density at radius 2 is 1.87 bits per heavy atom. The molecule has 1 aliphatic rings. The molecule has 1 aliphatic heterocycles.